The zero-order chi connectivity index (χ0) is 17.4. The highest BCUT2D eigenvalue weighted by Gasteiger charge is 2.33. The Hall–Kier alpha value is -2.28. The summed E-state index contributed by atoms with van der Waals surface area (Å²) in [6.07, 6.45) is 5.71. The molecule has 7 heteroatoms. The fourth-order valence-electron chi connectivity index (χ4n) is 3.73. The average molecular weight is 356 g/mol. The molecule has 0 saturated heterocycles. The van der Waals surface area contributed by atoms with Crippen molar-refractivity contribution in [2.45, 2.75) is 50.6 Å². The number of fused-ring (bicyclic) bond motifs is 3. The fraction of sp³-hybridized carbons (Fsp3) is 0.444. The van der Waals surface area contributed by atoms with E-state index in [4.69, 9.17) is 12.2 Å². The maximum atomic E-state index is 12.7. The van der Waals surface area contributed by atoms with Crippen molar-refractivity contribution in [3.05, 3.63) is 29.0 Å². The molecule has 0 bridgehead atoms. The molecule has 1 fully saturated rings. The van der Waals surface area contributed by atoms with E-state index in [2.05, 4.69) is 15.6 Å². The van der Waals surface area contributed by atoms with Gasteiger partial charge in [0, 0.05) is 11.4 Å². The van der Waals surface area contributed by atoms with E-state index >= 15 is 0 Å². The average Bonchev–Trinajstić information content (AvgIpc) is 2.93. The summed E-state index contributed by atoms with van der Waals surface area (Å²) >= 11 is 5.27. The van der Waals surface area contributed by atoms with Crippen molar-refractivity contribution < 1.29 is 9.59 Å². The molecule has 0 radical (unpaired) electrons. The fourth-order valence-corrected chi connectivity index (χ4v) is 4.01. The summed E-state index contributed by atoms with van der Waals surface area (Å²) in [6.45, 7) is 0. The summed E-state index contributed by atoms with van der Waals surface area (Å²) in [6, 6.07) is 7.17. The van der Waals surface area contributed by atoms with Gasteiger partial charge in [-0.1, -0.05) is 31.4 Å². The Morgan fingerprint density at radius 2 is 2.04 bits per heavy atom. The highest BCUT2D eigenvalue weighted by molar-refractivity contribution is 7.71. The van der Waals surface area contributed by atoms with Crippen molar-refractivity contribution in [2.75, 3.05) is 5.32 Å². The van der Waals surface area contributed by atoms with E-state index < -0.39 is 6.04 Å². The number of amides is 1. The Balaban J connectivity index is 1.54. The molecule has 1 saturated carbocycles. The first-order chi connectivity index (χ1) is 12.1. The molecule has 1 aromatic heterocycles. The summed E-state index contributed by atoms with van der Waals surface area (Å²) < 4.78 is 1.64. The maximum absolute atomic E-state index is 12.7. The van der Waals surface area contributed by atoms with E-state index in [1.807, 2.05) is 24.3 Å². The highest BCUT2D eigenvalue weighted by atomic mass is 32.1. The van der Waals surface area contributed by atoms with Crippen molar-refractivity contribution in [2.24, 2.45) is 0 Å². The molecule has 2 aromatic rings. The standard InChI is InChI=1S/C18H20N4O2S/c23-15(19-11-6-2-1-3-7-11)10-14-17(24)22-16(20-14)12-8-4-5-9-13(12)21-18(22)25/h4-5,8-9,11,14,20H,1-3,6-7,10H2,(H,19,23)/t14-/m1/s1. The second-order valence-corrected chi connectivity index (χ2v) is 7.10. The summed E-state index contributed by atoms with van der Waals surface area (Å²) in [7, 11) is 0. The van der Waals surface area contributed by atoms with Gasteiger partial charge in [-0.25, -0.2) is 9.55 Å². The third-order valence-corrected chi connectivity index (χ3v) is 5.25. The molecule has 1 aliphatic heterocycles. The van der Waals surface area contributed by atoms with E-state index in [9.17, 15) is 9.59 Å². The lowest BCUT2D eigenvalue weighted by Crippen LogP contribution is -2.40. The molecule has 1 atom stereocenters. The Morgan fingerprint density at radius 3 is 2.84 bits per heavy atom. The van der Waals surface area contributed by atoms with Crippen molar-refractivity contribution in [1.82, 2.24) is 14.9 Å². The first-order valence-corrected chi connectivity index (χ1v) is 9.16. The number of anilines is 1. The van der Waals surface area contributed by atoms with E-state index in [1.165, 1.54) is 11.0 Å². The van der Waals surface area contributed by atoms with Crippen molar-refractivity contribution in [1.29, 1.82) is 0 Å². The molecule has 1 aliphatic carbocycles. The Kier molecular flexibility index (Phi) is 4.25. The molecule has 4 rings (SSSR count). The van der Waals surface area contributed by atoms with Crippen LogP contribution in [-0.4, -0.2) is 33.4 Å². The SMILES string of the molecule is O=C(C[C@H]1Nc2c3ccccc3nc(=S)n2C1=O)NC1CCCCC1. The molecule has 0 spiro atoms. The first kappa shape index (κ1) is 16.2. The van der Waals surface area contributed by atoms with Gasteiger partial charge in [-0.15, -0.1) is 0 Å². The lowest BCUT2D eigenvalue weighted by Gasteiger charge is -2.23. The van der Waals surface area contributed by atoms with E-state index in [-0.39, 0.29) is 29.0 Å². The monoisotopic (exact) mass is 356 g/mol. The van der Waals surface area contributed by atoms with Gasteiger partial charge in [-0.2, -0.15) is 0 Å². The molecule has 2 heterocycles. The molecular weight excluding hydrogens is 336 g/mol. The predicted octanol–water partition coefficient (Wildman–Crippen LogP) is 3.04. The Morgan fingerprint density at radius 1 is 1.28 bits per heavy atom. The predicted molar refractivity (Wildman–Crippen MR) is 98.2 cm³/mol. The lowest BCUT2D eigenvalue weighted by atomic mass is 9.95. The van der Waals surface area contributed by atoms with Crippen LogP contribution in [0.2, 0.25) is 0 Å². The van der Waals surface area contributed by atoms with Crippen molar-refractivity contribution in [3.63, 3.8) is 0 Å². The van der Waals surface area contributed by atoms with Crippen LogP contribution < -0.4 is 10.6 Å². The number of rotatable bonds is 3. The number of hydrogen-bond acceptors (Lipinski definition) is 5. The number of carbonyl (C=O) groups excluding carboxylic acids is 2. The van der Waals surface area contributed by atoms with Crippen molar-refractivity contribution in [3.8, 4) is 0 Å². The van der Waals surface area contributed by atoms with Crippen LogP contribution in [0.4, 0.5) is 5.82 Å². The molecule has 130 valence electrons. The summed E-state index contributed by atoms with van der Waals surface area (Å²) in [5.41, 5.74) is 0.742. The number of benzene rings is 1. The van der Waals surface area contributed by atoms with Gasteiger partial charge in [0.15, 0.2) is 0 Å². The minimum absolute atomic E-state index is 0.0886. The minimum atomic E-state index is -0.599. The first-order valence-electron chi connectivity index (χ1n) is 8.75. The van der Waals surface area contributed by atoms with Gasteiger partial charge in [-0.05, 0) is 37.2 Å². The van der Waals surface area contributed by atoms with Crippen LogP contribution in [0, 0.1) is 4.77 Å². The van der Waals surface area contributed by atoms with Crippen LogP contribution in [0.3, 0.4) is 0 Å². The summed E-state index contributed by atoms with van der Waals surface area (Å²) in [5, 5.41) is 7.08. The van der Waals surface area contributed by atoms with E-state index in [0.29, 0.717) is 5.82 Å². The van der Waals surface area contributed by atoms with Gasteiger partial charge < -0.3 is 10.6 Å². The van der Waals surface area contributed by atoms with Crippen LogP contribution in [0.25, 0.3) is 10.9 Å². The number of aromatic nitrogens is 2. The third-order valence-electron chi connectivity index (χ3n) is 4.98. The zero-order valence-electron chi connectivity index (χ0n) is 13.8. The number of carbonyl (C=O) groups is 2. The molecule has 6 nitrogen and oxygen atoms in total. The second kappa shape index (κ2) is 6.55. The molecule has 25 heavy (non-hydrogen) atoms. The Bertz CT molecular complexity index is 902. The number of nitrogens with zero attached hydrogens (tertiary/aromatic N) is 2. The van der Waals surface area contributed by atoms with Gasteiger partial charge in [0.05, 0.1) is 11.9 Å². The third kappa shape index (κ3) is 3.04. The normalized spacial score (nSPS) is 20.3. The second-order valence-electron chi connectivity index (χ2n) is 6.74. The van der Waals surface area contributed by atoms with E-state index in [1.54, 1.807) is 0 Å². The lowest BCUT2D eigenvalue weighted by molar-refractivity contribution is -0.122. The van der Waals surface area contributed by atoms with Crippen LogP contribution in [-0.2, 0) is 4.79 Å². The van der Waals surface area contributed by atoms with Crippen LogP contribution in [0.1, 0.15) is 43.3 Å². The number of para-hydroxylation sites is 1. The number of nitrogens with one attached hydrogen (secondary N) is 2. The van der Waals surface area contributed by atoms with Crippen LogP contribution in [0.5, 0.6) is 0 Å². The molecular formula is C18H20N4O2S. The molecule has 0 unspecified atom stereocenters. The highest BCUT2D eigenvalue weighted by Crippen LogP contribution is 2.28. The van der Waals surface area contributed by atoms with Crippen LogP contribution >= 0.6 is 12.2 Å². The van der Waals surface area contributed by atoms with Gasteiger partial charge in [-0.3, -0.25) is 9.59 Å². The zero-order valence-corrected chi connectivity index (χ0v) is 14.6. The minimum Gasteiger partial charge on any atom is -0.358 e. The molecule has 2 aliphatic rings. The maximum Gasteiger partial charge on any atom is 0.257 e. The molecule has 1 aromatic carbocycles. The number of hydrogen-bond donors (Lipinski definition) is 2. The quantitative estimate of drug-likeness (QED) is 0.827. The van der Waals surface area contributed by atoms with E-state index in [0.717, 1.165) is 36.6 Å². The summed E-state index contributed by atoms with van der Waals surface area (Å²) in [5.74, 6) is 0.336. The van der Waals surface area contributed by atoms with Gasteiger partial charge >= 0.3 is 0 Å². The van der Waals surface area contributed by atoms with Gasteiger partial charge in [0.25, 0.3) is 5.91 Å². The molecule has 2 N–H and O–H groups in total. The molecule has 1 amide bonds. The van der Waals surface area contributed by atoms with Gasteiger partial charge in [0.2, 0.25) is 10.7 Å². The Labute approximate surface area is 150 Å². The van der Waals surface area contributed by atoms with Crippen molar-refractivity contribution >= 4 is 40.8 Å². The largest absolute Gasteiger partial charge is 0.358 e. The smallest absolute Gasteiger partial charge is 0.257 e. The van der Waals surface area contributed by atoms with Crippen LogP contribution in [0.15, 0.2) is 24.3 Å². The summed E-state index contributed by atoms with van der Waals surface area (Å²) in [4.78, 5) is 29.4. The van der Waals surface area contributed by atoms with Gasteiger partial charge in [0.1, 0.15) is 11.9 Å². The topological polar surface area (TPSA) is 76.0 Å².